The van der Waals surface area contributed by atoms with Crippen molar-refractivity contribution in [3.63, 3.8) is 0 Å². The number of aryl methyl sites for hydroxylation is 2. The van der Waals surface area contributed by atoms with E-state index >= 15 is 0 Å². The third-order valence-corrected chi connectivity index (χ3v) is 7.67. The molecule has 0 spiro atoms. The van der Waals surface area contributed by atoms with Crippen LogP contribution >= 0.6 is 0 Å². The highest BCUT2D eigenvalue weighted by Crippen LogP contribution is 2.36. The maximum absolute atomic E-state index is 13.6. The van der Waals surface area contributed by atoms with Gasteiger partial charge in [0.05, 0.1) is 17.5 Å². The summed E-state index contributed by atoms with van der Waals surface area (Å²) in [5, 5.41) is 19.9. The number of halogens is 5. The Balaban J connectivity index is 0.000000804. The number of hydrogen-bond acceptors (Lipinski definition) is 6. The van der Waals surface area contributed by atoms with Crippen LogP contribution in [0.3, 0.4) is 0 Å². The van der Waals surface area contributed by atoms with Crippen molar-refractivity contribution < 1.29 is 46.2 Å². The number of carbonyl (C=O) groups is 4. The maximum Gasteiger partial charge on any atom is 0.435 e. The van der Waals surface area contributed by atoms with E-state index in [1.807, 2.05) is 6.92 Å². The Morgan fingerprint density at radius 3 is 2.06 bits per heavy atom. The largest absolute Gasteiger partial charge is 0.477 e. The first kappa shape index (κ1) is 37.6. The Hall–Kier alpha value is -4.83. The molecule has 12 nitrogen and oxygen atoms in total. The lowest BCUT2D eigenvalue weighted by Crippen LogP contribution is -2.43. The van der Waals surface area contributed by atoms with Gasteiger partial charge in [-0.2, -0.15) is 27.1 Å². The normalized spacial score (nSPS) is 16.4. The van der Waals surface area contributed by atoms with E-state index < -0.39 is 29.7 Å². The molecule has 2 heterocycles. The van der Waals surface area contributed by atoms with E-state index in [-0.39, 0.29) is 47.5 Å². The molecule has 0 saturated heterocycles. The minimum absolute atomic E-state index is 0.0102. The van der Waals surface area contributed by atoms with Crippen LogP contribution in [0.25, 0.3) is 11.3 Å². The van der Waals surface area contributed by atoms with Crippen LogP contribution in [0, 0.1) is 6.92 Å². The SMILES string of the molecule is CC(F)(F)C(=O)O.CCC(=O)NC1CCC(NC(=O)c2ccc(NC(=O)c3ncc(-c4cn(CC)nc4C(F)(F)F)n3C)cc2C)CC1. The molecular weight excluding hydrogens is 645 g/mol. The minimum atomic E-state index is -4.67. The van der Waals surface area contributed by atoms with Crippen molar-refractivity contribution in [2.75, 3.05) is 5.32 Å². The van der Waals surface area contributed by atoms with Crippen molar-refractivity contribution in [1.29, 1.82) is 0 Å². The molecule has 1 fully saturated rings. The van der Waals surface area contributed by atoms with Crippen LogP contribution in [0.4, 0.5) is 27.6 Å². The third-order valence-electron chi connectivity index (χ3n) is 7.67. The topological polar surface area (TPSA) is 160 Å². The summed E-state index contributed by atoms with van der Waals surface area (Å²) >= 11 is 0. The lowest BCUT2D eigenvalue weighted by molar-refractivity contribution is -0.162. The molecule has 3 amide bonds. The van der Waals surface area contributed by atoms with E-state index in [2.05, 4.69) is 26.0 Å². The van der Waals surface area contributed by atoms with Gasteiger partial charge in [0.15, 0.2) is 11.5 Å². The number of alkyl halides is 5. The number of benzene rings is 1. The van der Waals surface area contributed by atoms with E-state index in [0.29, 0.717) is 30.2 Å². The number of carbonyl (C=O) groups excluding carboxylic acids is 3. The predicted octanol–water partition coefficient (Wildman–Crippen LogP) is 5.18. The first-order valence-electron chi connectivity index (χ1n) is 15.2. The summed E-state index contributed by atoms with van der Waals surface area (Å²) in [6.07, 6.45) is 1.41. The number of hydrogen-bond donors (Lipinski definition) is 4. The number of aromatic nitrogens is 4. The van der Waals surface area contributed by atoms with Crippen LogP contribution < -0.4 is 16.0 Å². The Labute approximate surface area is 273 Å². The first-order valence-corrected chi connectivity index (χ1v) is 15.2. The molecule has 3 aromatic rings. The smallest absolute Gasteiger partial charge is 0.435 e. The molecule has 0 aliphatic heterocycles. The minimum Gasteiger partial charge on any atom is -0.477 e. The molecule has 1 saturated carbocycles. The van der Waals surface area contributed by atoms with E-state index in [1.165, 1.54) is 28.7 Å². The first-order chi connectivity index (χ1) is 22.3. The van der Waals surface area contributed by atoms with Gasteiger partial charge in [0.2, 0.25) is 5.91 Å². The molecule has 0 bridgehead atoms. The van der Waals surface area contributed by atoms with Crippen LogP contribution in [0.1, 0.15) is 85.1 Å². The van der Waals surface area contributed by atoms with Gasteiger partial charge in [-0.3, -0.25) is 19.1 Å². The molecule has 1 aromatic carbocycles. The highest BCUT2D eigenvalue weighted by Gasteiger charge is 2.38. The number of nitrogens with zero attached hydrogens (tertiary/aromatic N) is 4. The summed E-state index contributed by atoms with van der Waals surface area (Å²) in [5.74, 6) is -6.56. The fourth-order valence-corrected chi connectivity index (χ4v) is 5.01. The average molecular weight is 684 g/mol. The second kappa shape index (κ2) is 15.4. The molecule has 0 radical (unpaired) electrons. The Kier molecular flexibility index (Phi) is 12.1. The van der Waals surface area contributed by atoms with E-state index in [1.54, 1.807) is 32.0 Å². The quantitative estimate of drug-likeness (QED) is 0.226. The lowest BCUT2D eigenvalue weighted by Gasteiger charge is -2.29. The summed E-state index contributed by atoms with van der Waals surface area (Å²) in [6, 6.07) is 5.01. The molecular formula is C31H38F5N7O5. The molecule has 1 aliphatic carbocycles. The highest BCUT2D eigenvalue weighted by atomic mass is 19.4. The summed E-state index contributed by atoms with van der Waals surface area (Å²) in [6.45, 7) is 5.83. The van der Waals surface area contributed by atoms with Gasteiger partial charge in [-0.15, -0.1) is 0 Å². The second-order valence-electron chi connectivity index (χ2n) is 11.4. The van der Waals surface area contributed by atoms with Gasteiger partial charge < -0.3 is 25.6 Å². The fraction of sp³-hybridized carbons (Fsp3) is 0.484. The molecule has 0 atom stereocenters. The maximum atomic E-state index is 13.6. The Bertz CT molecular complexity index is 1640. The van der Waals surface area contributed by atoms with Gasteiger partial charge in [-0.1, -0.05) is 6.92 Å². The second-order valence-corrected chi connectivity index (χ2v) is 11.4. The highest BCUT2D eigenvalue weighted by molar-refractivity contribution is 6.03. The van der Waals surface area contributed by atoms with Gasteiger partial charge in [0.1, 0.15) is 0 Å². The van der Waals surface area contributed by atoms with Gasteiger partial charge in [0.25, 0.3) is 11.8 Å². The number of aliphatic carboxylic acids is 1. The van der Waals surface area contributed by atoms with Crippen LogP contribution in [-0.4, -0.2) is 66.1 Å². The molecule has 4 rings (SSSR count). The third kappa shape index (κ3) is 9.60. The number of rotatable bonds is 9. The van der Waals surface area contributed by atoms with Gasteiger partial charge in [-0.25, -0.2) is 9.78 Å². The van der Waals surface area contributed by atoms with Crippen molar-refractivity contribution >= 4 is 29.4 Å². The molecule has 17 heteroatoms. The van der Waals surface area contributed by atoms with Crippen LogP contribution in [0.2, 0.25) is 0 Å². The number of carboxylic acid groups (broad SMARTS) is 1. The predicted molar refractivity (Wildman–Crippen MR) is 164 cm³/mol. The Morgan fingerprint density at radius 1 is 0.979 bits per heavy atom. The molecule has 262 valence electrons. The summed E-state index contributed by atoms with van der Waals surface area (Å²) in [7, 11) is 1.46. The molecule has 0 unspecified atom stereocenters. The number of amides is 3. The van der Waals surface area contributed by atoms with Crippen molar-refractivity contribution in [3.05, 3.63) is 53.2 Å². The summed E-state index contributed by atoms with van der Waals surface area (Å²) < 4.78 is 65.7. The monoisotopic (exact) mass is 683 g/mol. The van der Waals surface area contributed by atoms with E-state index in [4.69, 9.17) is 5.11 Å². The number of anilines is 1. The van der Waals surface area contributed by atoms with Crippen LogP contribution in [0.15, 0.2) is 30.6 Å². The average Bonchev–Trinajstić information content (AvgIpc) is 3.61. The van der Waals surface area contributed by atoms with E-state index in [9.17, 15) is 41.1 Å². The van der Waals surface area contributed by atoms with Crippen LogP contribution in [-0.2, 0) is 29.4 Å². The van der Waals surface area contributed by atoms with Crippen molar-refractivity contribution in [2.24, 2.45) is 7.05 Å². The molecule has 4 N–H and O–H groups in total. The van der Waals surface area contributed by atoms with Crippen LogP contribution in [0.5, 0.6) is 0 Å². The van der Waals surface area contributed by atoms with Gasteiger partial charge in [-0.05, 0) is 63.3 Å². The lowest BCUT2D eigenvalue weighted by atomic mass is 9.90. The zero-order valence-electron chi connectivity index (χ0n) is 27.0. The summed E-state index contributed by atoms with van der Waals surface area (Å²) in [4.78, 5) is 50.9. The zero-order chi connectivity index (χ0) is 36.0. The number of nitrogens with one attached hydrogen (secondary N) is 3. The molecule has 2 aromatic heterocycles. The van der Waals surface area contributed by atoms with Crippen molar-refractivity contribution in [3.8, 4) is 11.3 Å². The number of imidazole rings is 1. The number of carboxylic acids is 1. The van der Waals surface area contributed by atoms with E-state index in [0.717, 1.165) is 25.7 Å². The fourth-order valence-electron chi connectivity index (χ4n) is 5.01. The van der Waals surface area contributed by atoms with Gasteiger partial charge in [0, 0.05) is 56.5 Å². The van der Waals surface area contributed by atoms with Crippen molar-refractivity contribution in [2.45, 2.75) is 90.5 Å². The Morgan fingerprint density at radius 2 is 1.56 bits per heavy atom. The van der Waals surface area contributed by atoms with Gasteiger partial charge >= 0.3 is 18.1 Å². The standard InChI is InChI=1S/C28H34F3N7O3.C3H4F2O2/c1-5-23(39)33-17-7-9-18(10-8-17)34-26(40)20-12-11-19(13-16(20)3)35-27(41)25-32-14-22(37(25)4)21-15-38(6-2)36-24(21)28(29,30)31;1-3(4,5)2(6)7/h11-15,17-18H,5-10H2,1-4H3,(H,33,39)(H,34,40)(H,35,41);1H3,(H,6,7). The van der Waals surface area contributed by atoms with Crippen molar-refractivity contribution in [1.82, 2.24) is 30.0 Å². The molecule has 1 aliphatic rings. The zero-order valence-corrected chi connectivity index (χ0v) is 27.0. The molecule has 48 heavy (non-hydrogen) atoms. The summed E-state index contributed by atoms with van der Waals surface area (Å²) in [5.41, 5.74) is 0.416.